The zero-order valence-electron chi connectivity index (χ0n) is 19.6. The number of nitrogens with one attached hydrogen (secondary N) is 3. The van der Waals surface area contributed by atoms with Crippen LogP contribution in [0.15, 0.2) is 41.3 Å². The Balaban J connectivity index is 1.54. The van der Waals surface area contributed by atoms with Crippen LogP contribution in [0.1, 0.15) is 33.6 Å². The first kappa shape index (κ1) is 23.9. The second-order valence-electron chi connectivity index (χ2n) is 9.10. The summed E-state index contributed by atoms with van der Waals surface area (Å²) in [6.07, 6.45) is 10.1. The van der Waals surface area contributed by atoms with Crippen molar-refractivity contribution >= 4 is 6.34 Å². The molecule has 0 spiro atoms. The number of allylic oxidation sites excluding steroid dienone is 1. The van der Waals surface area contributed by atoms with Crippen LogP contribution in [0, 0.1) is 0 Å². The van der Waals surface area contributed by atoms with E-state index in [9.17, 15) is 0 Å². The maximum atomic E-state index is 5.80. The highest BCUT2D eigenvalue weighted by molar-refractivity contribution is 5.60. The van der Waals surface area contributed by atoms with Gasteiger partial charge in [0.25, 0.3) is 0 Å². The van der Waals surface area contributed by atoms with Gasteiger partial charge in [0, 0.05) is 51.1 Å². The number of methoxy groups -OCH3 is 1. The van der Waals surface area contributed by atoms with E-state index in [0.717, 1.165) is 57.9 Å². The van der Waals surface area contributed by atoms with Crippen LogP contribution in [0.5, 0.6) is 0 Å². The molecule has 3 atom stereocenters. The fourth-order valence-corrected chi connectivity index (χ4v) is 4.24. The molecule has 0 aromatic rings. The quantitative estimate of drug-likeness (QED) is 0.358. The Morgan fingerprint density at radius 1 is 1.35 bits per heavy atom. The molecule has 3 heterocycles. The largest absolute Gasteiger partial charge is 0.491 e. The minimum absolute atomic E-state index is 0.0567. The third-order valence-corrected chi connectivity index (χ3v) is 6.08. The van der Waals surface area contributed by atoms with Crippen LogP contribution in [0.25, 0.3) is 0 Å². The Bertz CT molecular complexity index is 684. The van der Waals surface area contributed by atoms with Crippen LogP contribution in [0.4, 0.5) is 0 Å². The molecule has 2 saturated heterocycles. The Morgan fingerprint density at radius 2 is 2.13 bits per heavy atom. The van der Waals surface area contributed by atoms with E-state index in [4.69, 9.17) is 9.47 Å². The number of nitrogens with zero attached hydrogens (tertiary/aromatic N) is 3. The van der Waals surface area contributed by atoms with E-state index < -0.39 is 0 Å². The Labute approximate surface area is 187 Å². The van der Waals surface area contributed by atoms with Crippen LogP contribution in [0.2, 0.25) is 0 Å². The number of aliphatic imine (C=N–C) groups is 1. The fraction of sp³-hybridized carbons (Fsp3) is 0.696. The SMILES string of the molecule is C=C/C(=C\CC1(C)C[C@H](C2=C[C@@H](N3CCN(CCOC)CC3)N=CN2)NN1)OC(C)C. The summed E-state index contributed by atoms with van der Waals surface area (Å²) in [6, 6.07) is 0.217. The molecule has 8 heteroatoms. The lowest BCUT2D eigenvalue weighted by Crippen LogP contribution is -2.51. The molecule has 3 aliphatic rings. The maximum absolute atomic E-state index is 5.80. The normalized spacial score (nSPS) is 30.4. The first-order valence-corrected chi connectivity index (χ1v) is 11.4. The minimum Gasteiger partial charge on any atom is -0.491 e. The van der Waals surface area contributed by atoms with Gasteiger partial charge in [0.15, 0.2) is 0 Å². The molecule has 3 rings (SSSR count). The van der Waals surface area contributed by atoms with Crippen LogP contribution in [-0.2, 0) is 9.47 Å². The van der Waals surface area contributed by atoms with E-state index in [1.807, 2.05) is 20.2 Å². The predicted octanol–water partition coefficient (Wildman–Crippen LogP) is 1.60. The summed E-state index contributed by atoms with van der Waals surface area (Å²) in [5.41, 5.74) is 8.09. The number of rotatable bonds is 10. The molecule has 0 saturated carbocycles. The van der Waals surface area contributed by atoms with Crippen molar-refractivity contribution < 1.29 is 9.47 Å². The summed E-state index contributed by atoms with van der Waals surface area (Å²) in [7, 11) is 1.76. The first-order chi connectivity index (χ1) is 14.9. The molecule has 1 unspecified atom stereocenters. The van der Waals surface area contributed by atoms with Gasteiger partial charge in [-0.25, -0.2) is 5.43 Å². The van der Waals surface area contributed by atoms with Gasteiger partial charge in [-0.15, -0.1) is 0 Å². The lowest BCUT2D eigenvalue weighted by molar-refractivity contribution is 0.0859. The number of hydrazine groups is 1. The van der Waals surface area contributed by atoms with Gasteiger partial charge < -0.3 is 14.8 Å². The number of hydrogen-bond acceptors (Lipinski definition) is 8. The molecular weight excluding hydrogens is 392 g/mol. The summed E-state index contributed by atoms with van der Waals surface area (Å²) < 4.78 is 11.0. The lowest BCUT2D eigenvalue weighted by Gasteiger charge is -2.38. The molecule has 31 heavy (non-hydrogen) atoms. The zero-order valence-corrected chi connectivity index (χ0v) is 19.6. The Hall–Kier alpha value is -1.71. The molecule has 8 nitrogen and oxygen atoms in total. The van der Waals surface area contributed by atoms with Crippen LogP contribution in [-0.4, -0.2) is 86.4 Å². The summed E-state index contributed by atoms with van der Waals surface area (Å²) >= 11 is 0. The smallest absolute Gasteiger partial charge is 0.124 e. The Kier molecular flexibility index (Phi) is 8.68. The van der Waals surface area contributed by atoms with Gasteiger partial charge in [-0.1, -0.05) is 6.58 Å². The number of piperazine rings is 1. The molecule has 0 aromatic carbocycles. The van der Waals surface area contributed by atoms with Gasteiger partial charge in [-0.05, 0) is 51.8 Å². The van der Waals surface area contributed by atoms with Crippen molar-refractivity contribution in [2.24, 2.45) is 4.99 Å². The monoisotopic (exact) mass is 432 g/mol. The van der Waals surface area contributed by atoms with Gasteiger partial charge >= 0.3 is 0 Å². The van der Waals surface area contributed by atoms with E-state index >= 15 is 0 Å². The van der Waals surface area contributed by atoms with Gasteiger partial charge in [0.05, 0.1) is 25.1 Å². The number of hydrogen-bond donors (Lipinski definition) is 3. The van der Waals surface area contributed by atoms with Crippen molar-refractivity contribution in [3.63, 3.8) is 0 Å². The van der Waals surface area contributed by atoms with Crippen molar-refractivity contribution in [1.29, 1.82) is 0 Å². The van der Waals surface area contributed by atoms with Crippen molar-refractivity contribution in [3.05, 3.63) is 36.3 Å². The van der Waals surface area contributed by atoms with E-state index in [2.05, 4.69) is 56.6 Å². The maximum Gasteiger partial charge on any atom is 0.124 e. The third-order valence-electron chi connectivity index (χ3n) is 6.08. The van der Waals surface area contributed by atoms with Crippen molar-refractivity contribution in [2.75, 3.05) is 46.4 Å². The fourth-order valence-electron chi connectivity index (χ4n) is 4.24. The molecule has 0 bridgehead atoms. The van der Waals surface area contributed by atoms with Crippen molar-refractivity contribution in [1.82, 2.24) is 26.0 Å². The standard InChI is InChI=1S/C23H40N6O2/c1-6-19(31-18(2)3)7-8-23(4)16-21(26-27-23)20-15-22(25-17-24-20)29-11-9-28(10-12-29)13-14-30-5/h6-7,15,17-18,21-22,26-27H,1,8-14,16H2,2-5H3,(H,24,25)/b19-7+/t21-,22-,23?/m1/s1. The second-order valence-corrected chi connectivity index (χ2v) is 9.10. The lowest BCUT2D eigenvalue weighted by atomic mass is 9.91. The van der Waals surface area contributed by atoms with E-state index in [1.54, 1.807) is 13.2 Å². The molecule has 2 fully saturated rings. The van der Waals surface area contributed by atoms with Crippen LogP contribution in [0.3, 0.4) is 0 Å². The number of ether oxygens (including phenoxy) is 2. The zero-order chi connectivity index (χ0) is 22.3. The molecular formula is C23H40N6O2. The molecule has 174 valence electrons. The second kappa shape index (κ2) is 11.2. The van der Waals surface area contributed by atoms with Gasteiger partial charge in [0.1, 0.15) is 11.9 Å². The molecule has 0 amide bonds. The summed E-state index contributed by atoms with van der Waals surface area (Å²) in [5, 5.41) is 3.36. The highest BCUT2D eigenvalue weighted by atomic mass is 16.5. The molecule has 3 aliphatic heterocycles. The topological polar surface area (TPSA) is 73.4 Å². The Morgan fingerprint density at radius 3 is 2.81 bits per heavy atom. The summed E-state index contributed by atoms with van der Waals surface area (Å²) in [5.74, 6) is 0.841. The molecule has 0 aromatic heterocycles. The molecule has 0 aliphatic carbocycles. The van der Waals surface area contributed by atoms with Gasteiger partial charge in [0.2, 0.25) is 0 Å². The van der Waals surface area contributed by atoms with E-state index in [0.29, 0.717) is 0 Å². The average molecular weight is 433 g/mol. The average Bonchev–Trinajstić information content (AvgIpc) is 3.18. The van der Waals surface area contributed by atoms with E-state index in [1.165, 1.54) is 5.70 Å². The summed E-state index contributed by atoms with van der Waals surface area (Å²) in [6.45, 7) is 16.1. The molecule has 3 N–H and O–H groups in total. The van der Waals surface area contributed by atoms with Crippen LogP contribution < -0.4 is 16.2 Å². The highest BCUT2D eigenvalue weighted by Gasteiger charge is 2.36. The minimum atomic E-state index is -0.0567. The summed E-state index contributed by atoms with van der Waals surface area (Å²) in [4.78, 5) is 9.59. The van der Waals surface area contributed by atoms with Crippen LogP contribution >= 0.6 is 0 Å². The van der Waals surface area contributed by atoms with Gasteiger partial charge in [-0.2, -0.15) is 0 Å². The first-order valence-electron chi connectivity index (χ1n) is 11.4. The highest BCUT2D eigenvalue weighted by Crippen LogP contribution is 2.27. The third kappa shape index (κ3) is 6.89. The van der Waals surface area contributed by atoms with Crippen molar-refractivity contribution in [2.45, 2.75) is 57.5 Å². The van der Waals surface area contributed by atoms with E-state index in [-0.39, 0.29) is 23.9 Å². The van der Waals surface area contributed by atoms with Gasteiger partial charge in [-0.3, -0.25) is 20.2 Å². The van der Waals surface area contributed by atoms with Crippen molar-refractivity contribution in [3.8, 4) is 0 Å². The molecule has 0 radical (unpaired) electrons. The predicted molar refractivity (Wildman–Crippen MR) is 126 cm³/mol.